The number of benzene rings is 2. The largest absolute Gasteiger partial charge is 0.343 e. The minimum Gasteiger partial charge on any atom is -0.343 e. The van der Waals surface area contributed by atoms with E-state index in [0.29, 0.717) is 16.6 Å². The van der Waals surface area contributed by atoms with Crippen LogP contribution in [0.3, 0.4) is 0 Å². The van der Waals surface area contributed by atoms with Crippen LogP contribution in [0.4, 0.5) is 0 Å². The molecule has 0 fully saturated rings. The van der Waals surface area contributed by atoms with Gasteiger partial charge in [-0.05, 0) is 30.7 Å². The summed E-state index contributed by atoms with van der Waals surface area (Å²) in [5.74, 6) is 0. The summed E-state index contributed by atoms with van der Waals surface area (Å²) in [5, 5.41) is 2.59. The summed E-state index contributed by atoms with van der Waals surface area (Å²) in [7, 11) is 0. The summed E-state index contributed by atoms with van der Waals surface area (Å²) in [4.78, 5) is 4.17. The molecule has 126 valence electrons. The van der Waals surface area contributed by atoms with Gasteiger partial charge in [-0.25, -0.2) is 4.98 Å². The molecule has 1 atom stereocenters. The maximum Gasteiger partial charge on any atom is 0.0951 e. The van der Waals surface area contributed by atoms with Gasteiger partial charge in [0.2, 0.25) is 0 Å². The molecule has 3 nitrogen and oxygen atoms in total. The lowest BCUT2D eigenvalue weighted by Gasteiger charge is -2.12. The Hall–Kier alpha value is -2.23. The molecule has 1 unspecified atom stereocenters. The van der Waals surface area contributed by atoms with E-state index in [1.165, 1.54) is 16.5 Å². The van der Waals surface area contributed by atoms with Crippen molar-refractivity contribution in [3.05, 3.63) is 88.6 Å². The molecule has 2 aromatic carbocycles. The average molecular weight is 370 g/mol. The average Bonchev–Trinajstić information content (AvgIpc) is 3.26. The van der Waals surface area contributed by atoms with Gasteiger partial charge < -0.3 is 9.13 Å². The van der Waals surface area contributed by atoms with Crippen LogP contribution < -0.4 is 0 Å². The van der Waals surface area contributed by atoms with E-state index in [0.717, 1.165) is 5.56 Å². The minimum absolute atomic E-state index is 0.203. The van der Waals surface area contributed by atoms with Crippen LogP contribution in [-0.4, -0.2) is 14.1 Å². The van der Waals surface area contributed by atoms with E-state index in [1.54, 1.807) is 6.07 Å². The SMILES string of the molecule is CC(c1cn(Cc2ccc(Cl)cc2Cl)c2ccccc12)n1ccnc1. The quantitative estimate of drug-likeness (QED) is 0.445. The first-order valence-electron chi connectivity index (χ1n) is 8.12. The first kappa shape index (κ1) is 16.2. The molecule has 2 aromatic heterocycles. The van der Waals surface area contributed by atoms with Gasteiger partial charge in [0.1, 0.15) is 0 Å². The van der Waals surface area contributed by atoms with Crippen molar-refractivity contribution in [3.63, 3.8) is 0 Å². The molecule has 0 saturated heterocycles. The topological polar surface area (TPSA) is 22.8 Å². The molecule has 0 saturated carbocycles. The van der Waals surface area contributed by atoms with Crippen molar-refractivity contribution in [3.8, 4) is 0 Å². The molecule has 25 heavy (non-hydrogen) atoms. The van der Waals surface area contributed by atoms with Gasteiger partial charge in [0.15, 0.2) is 0 Å². The van der Waals surface area contributed by atoms with Crippen LogP contribution >= 0.6 is 23.2 Å². The highest BCUT2D eigenvalue weighted by molar-refractivity contribution is 6.35. The number of hydrogen-bond donors (Lipinski definition) is 0. The Bertz CT molecular complexity index is 1020. The second-order valence-electron chi connectivity index (χ2n) is 6.15. The normalized spacial score (nSPS) is 12.6. The molecule has 0 bridgehead atoms. The van der Waals surface area contributed by atoms with Crippen LogP contribution in [0.2, 0.25) is 10.0 Å². The third kappa shape index (κ3) is 3.06. The van der Waals surface area contributed by atoms with Crippen LogP contribution in [0.25, 0.3) is 10.9 Å². The number of nitrogens with zero attached hydrogens (tertiary/aromatic N) is 3. The van der Waals surface area contributed by atoms with Gasteiger partial charge in [0.05, 0.1) is 12.4 Å². The molecule has 0 aliphatic carbocycles. The van der Waals surface area contributed by atoms with Gasteiger partial charge >= 0.3 is 0 Å². The van der Waals surface area contributed by atoms with Crippen molar-refractivity contribution in [2.75, 3.05) is 0 Å². The number of imidazole rings is 1. The lowest BCUT2D eigenvalue weighted by Crippen LogP contribution is -2.04. The Morgan fingerprint density at radius 2 is 1.96 bits per heavy atom. The predicted molar refractivity (Wildman–Crippen MR) is 104 cm³/mol. The van der Waals surface area contributed by atoms with E-state index in [4.69, 9.17) is 23.2 Å². The van der Waals surface area contributed by atoms with Gasteiger partial charge in [0.25, 0.3) is 0 Å². The number of fused-ring (bicyclic) bond motifs is 1. The molecule has 0 aliphatic rings. The highest BCUT2D eigenvalue weighted by Gasteiger charge is 2.15. The van der Waals surface area contributed by atoms with Crippen molar-refractivity contribution in [2.24, 2.45) is 0 Å². The summed E-state index contributed by atoms with van der Waals surface area (Å²) < 4.78 is 4.36. The fourth-order valence-electron chi connectivity index (χ4n) is 3.23. The van der Waals surface area contributed by atoms with Crippen LogP contribution in [0.1, 0.15) is 24.1 Å². The molecular weight excluding hydrogens is 353 g/mol. The molecule has 4 aromatic rings. The number of rotatable bonds is 4. The van der Waals surface area contributed by atoms with E-state index < -0.39 is 0 Å². The fraction of sp³-hybridized carbons (Fsp3) is 0.150. The zero-order chi connectivity index (χ0) is 17.4. The van der Waals surface area contributed by atoms with Crippen molar-refractivity contribution in [1.82, 2.24) is 14.1 Å². The lowest BCUT2D eigenvalue weighted by atomic mass is 10.1. The van der Waals surface area contributed by atoms with E-state index in [-0.39, 0.29) is 6.04 Å². The maximum atomic E-state index is 6.37. The molecule has 0 N–H and O–H groups in total. The van der Waals surface area contributed by atoms with Crippen LogP contribution in [0.15, 0.2) is 67.4 Å². The molecule has 0 radical (unpaired) electrons. The van der Waals surface area contributed by atoms with Gasteiger partial charge in [-0.1, -0.05) is 47.5 Å². The summed E-state index contributed by atoms with van der Waals surface area (Å²) in [6.45, 7) is 2.89. The summed E-state index contributed by atoms with van der Waals surface area (Å²) in [6, 6.07) is 14.3. The number of aromatic nitrogens is 3. The number of para-hydroxylation sites is 1. The van der Waals surface area contributed by atoms with E-state index >= 15 is 0 Å². The summed E-state index contributed by atoms with van der Waals surface area (Å²) >= 11 is 12.4. The Labute approximate surface area is 156 Å². The first-order valence-corrected chi connectivity index (χ1v) is 8.88. The van der Waals surface area contributed by atoms with Gasteiger partial charge in [0, 0.05) is 51.6 Å². The minimum atomic E-state index is 0.203. The van der Waals surface area contributed by atoms with E-state index in [2.05, 4.69) is 51.5 Å². The van der Waals surface area contributed by atoms with Crippen molar-refractivity contribution in [1.29, 1.82) is 0 Å². The third-order valence-corrected chi connectivity index (χ3v) is 5.18. The smallest absolute Gasteiger partial charge is 0.0951 e. The Morgan fingerprint density at radius 3 is 2.72 bits per heavy atom. The Kier molecular flexibility index (Phi) is 4.28. The predicted octanol–water partition coefficient (Wildman–Crippen LogP) is 5.80. The number of hydrogen-bond acceptors (Lipinski definition) is 1. The molecule has 0 amide bonds. The molecular formula is C20H17Cl2N3. The zero-order valence-electron chi connectivity index (χ0n) is 13.7. The molecule has 0 aliphatic heterocycles. The van der Waals surface area contributed by atoms with Crippen LogP contribution in [-0.2, 0) is 6.54 Å². The first-order chi connectivity index (χ1) is 12.1. The highest BCUT2D eigenvalue weighted by Crippen LogP contribution is 2.30. The Morgan fingerprint density at radius 1 is 1.12 bits per heavy atom. The standard InChI is InChI=1S/C20H17Cl2N3/c1-14(24-9-8-23-13-24)18-12-25(20-5-3-2-4-17(18)20)11-15-6-7-16(21)10-19(15)22/h2-10,12-14H,11H2,1H3. The maximum absolute atomic E-state index is 6.37. The second-order valence-corrected chi connectivity index (χ2v) is 6.99. The highest BCUT2D eigenvalue weighted by atomic mass is 35.5. The van der Waals surface area contributed by atoms with Gasteiger partial charge in [-0.3, -0.25) is 0 Å². The van der Waals surface area contributed by atoms with Gasteiger partial charge in [-0.15, -0.1) is 0 Å². The summed E-state index contributed by atoms with van der Waals surface area (Å²) in [6.07, 6.45) is 7.86. The van der Waals surface area contributed by atoms with Gasteiger partial charge in [-0.2, -0.15) is 0 Å². The van der Waals surface area contributed by atoms with Crippen molar-refractivity contribution in [2.45, 2.75) is 19.5 Å². The zero-order valence-corrected chi connectivity index (χ0v) is 15.2. The molecule has 2 heterocycles. The van der Waals surface area contributed by atoms with Crippen LogP contribution in [0, 0.1) is 0 Å². The lowest BCUT2D eigenvalue weighted by molar-refractivity contribution is 0.639. The Balaban J connectivity index is 1.79. The molecule has 5 heteroatoms. The fourth-order valence-corrected chi connectivity index (χ4v) is 3.70. The van der Waals surface area contributed by atoms with Crippen molar-refractivity contribution >= 4 is 34.1 Å². The second kappa shape index (κ2) is 6.58. The monoisotopic (exact) mass is 369 g/mol. The number of halogens is 2. The summed E-state index contributed by atoms with van der Waals surface area (Å²) in [5.41, 5.74) is 3.50. The van der Waals surface area contributed by atoms with Crippen molar-refractivity contribution < 1.29 is 0 Å². The molecule has 0 spiro atoms. The van der Waals surface area contributed by atoms with E-state index in [1.807, 2.05) is 30.9 Å². The third-order valence-electron chi connectivity index (χ3n) is 4.60. The van der Waals surface area contributed by atoms with Crippen LogP contribution in [0.5, 0.6) is 0 Å². The molecule has 4 rings (SSSR count). The van der Waals surface area contributed by atoms with E-state index in [9.17, 15) is 0 Å².